The van der Waals surface area contributed by atoms with Crippen molar-refractivity contribution < 1.29 is 27.9 Å². The second kappa shape index (κ2) is 7.86. The van der Waals surface area contributed by atoms with Crippen LogP contribution in [-0.4, -0.2) is 63.7 Å². The molecule has 8 nitrogen and oxygen atoms in total. The summed E-state index contributed by atoms with van der Waals surface area (Å²) in [6.07, 6.45) is 5.33. The molecule has 0 radical (unpaired) electrons. The molecule has 0 saturated carbocycles. The van der Waals surface area contributed by atoms with Crippen molar-refractivity contribution in [2.24, 2.45) is 5.41 Å². The molecule has 0 aliphatic carbocycles. The molecule has 1 atom stereocenters. The number of ether oxygens (including phenoxy) is 1. The molecule has 140 valence electrons. The number of nitrogens with one attached hydrogen (secondary N) is 1. The van der Waals surface area contributed by atoms with Crippen LogP contribution in [0.4, 0.5) is 0 Å². The van der Waals surface area contributed by atoms with Gasteiger partial charge >= 0.3 is 5.97 Å². The van der Waals surface area contributed by atoms with Crippen LogP contribution >= 0.6 is 0 Å². The van der Waals surface area contributed by atoms with Crippen molar-refractivity contribution in [2.75, 3.05) is 33.4 Å². The van der Waals surface area contributed by atoms with Gasteiger partial charge in [-0.1, -0.05) is 5.92 Å². The Kier molecular flexibility index (Phi) is 6.02. The maximum absolute atomic E-state index is 12.6. The first-order valence-electron chi connectivity index (χ1n) is 7.80. The van der Waals surface area contributed by atoms with E-state index in [9.17, 15) is 23.1 Å². The van der Waals surface area contributed by atoms with Crippen LogP contribution in [0.2, 0.25) is 0 Å². The Morgan fingerprint density at radius 1 is 1.38 bits per heavy atom. The van der Waals surface area contributed by atoms with Crippen molar-refractivity contribution in [3.63, 3.8) is 0 Å². The SMILES string of the molecule is C#CCNS(=O)(=O)c1ccc(C(=O)N2CCC(COC)(C(=O)O)C2)cc1. The summed E-state index contributed by atoms with van der Waals surface area (Å²) < 4.78 is 31.2. The highest BCUT2D eigenvalue weighted by Gasteiger charge is 2.46. The van der Waals surface area contributed by atoms with Crippen molar-refractivity contribution in [3.05, 3.63) is 29.8 Å². The maximum atomic E-state index is 12.6. The van der Waals surface area contributed by atoms with Gasteiger partial charge in [-0.3, -0.25) is 9.59 Å². The Hall–Kier alpha value is -2.41. The number of hydrogen-bond donors (Lipinski definition) is 2. The first kappa shape index (κ1) is 19.9. The fraction of sp³-hybridized carbons (Fsp3) is 0.412. The zero-order chi connectivity index (χ0) is 19.4. The molecule has 0 spiro atoms. The molecule has 1 heterocycles. The quantitative estimate of drug-likeness (QED) is 0.652. The second-order valence-electron chi connectivity index (χ2n) is 6.05. The number of rotatable bonds is 7. The van der Waals surface area contributed by atoms with Crippen molar-refractivity contribution in [3.8, 4) is 12.3 Å². The van der Waals surface area contributed by atoms with Crippen LogP contribution in [0.25, 0.3) is 0 Å². The van der Waals surface area contributed by atoms with Crippen LogP contribution in [0.3, 0.4) is 0 Å². The van der Waals surface area contributed by atoms with E-state index in [0.29, 0.717) is 6.42 Å². The molecule has 1 aliphatic heterocycles. The van der Waals surface area contributed by atoms with E-state index < -0.39 is 21.4 Å². The molecule has 1 saturated heterocycles. The average molecular weight is 380 g/mol. The smallest absolute Gasteiger partial charge is 0.313 e. The standard InChI is InChI=1S/C17H20N2O6S/c1-3-9-18-26(23,24)14-6-4-13(5-7-14)15(20)19-10-8-17(11-19,12-25-2)16(21)22/h1,4-7,18H,8-12H2,2H3,(H,21,22). The van der Waals surface area contributed by atoms with Crippen LogP contribution in [0.15, 0.2) is 29.2 Å². The third-order valence-electron chi connectivity index (χ3n) is 4.29. The monoisotopic (exact) mass is 380 g/mol. The zero-order valence-electron chi connectivity index (χ0n) is 14.3. The highest BCUT2D eigenvalue weighted by Crippen LogP contribution is 2.32. The molecule has 0 aromatic heterocycles. The normalized spacial score (nSPS) is 19.9. The summed E-state index contributed by atoms with van der Waals surface area (Å²) in [5.74, 6) is 0.817. The number of aliphatic carboxylic acids is 1. The summed E-state index contributed by atoms with van der Waals surface area (Å²) in [4.78, 5) is 25.6. The lowest BCUT2D eigenvalue weighted by Gasteiger charge is -2.23. The predicted octanol–water partition coefficient (Wildman–Crippen LogP) is 0.161. The lowest BCUT2D eigenvalue weighted by Crippen LogP contribution is -2.40. The lowest BCUT2D eigenvalue weighted by molar-refractivity contribution is -0.151. The molecule has 2 N–H and O–H groups in total. The molecule has 1 unspecified atom stereocenters. The highest BCUT2D eigenvalue weighted by molar-refractivity contribution is 7.89. The number of methoxy groups -OCH3 is 1. The van der Waals surface area contributed by atoms with E-state index in [1.165, 1.54) is 36.3 Å². The number of carbonyl (C=O) groups is 2. The lowest BCUT2D eigenvalue weighted by atomic mass is 9.88. The Labute approximate surface area is 152 Å². The molecule has 9 heteroatoms. The molecule has 26 heavy (non-hydrogen) atoms. The molecule has 1 aromatic carbocycles. The molecule has 1 aliphatic rings. The van der Waals surface area contributed by atoms with E-state index in [2.05, 4.69) is 10.6 Å². The molecule has 0 bridgehead atoms. The minimum Gasteiger partial charge on any atom is -0.481 e. The highest BCUT2D eigenvalue weighted by atomic mass is 32.2. The molecule has 1 fully saturated rings. The number of carbonyl (C=O) groups excluding carboxylic acids is 1. The Balaban J connectivity index is 2.14. The van der Waals surface area contributed by atoms with Gasteiger partial charge in [0.25, 0.3) is 5.91 Å². The first-order chi connectivity index (χ1) is 12.3. The van der Waals surface area contributed by atoms with Crippen LogP contribution in [0, 0.1) is 17.8 Å². The number of carboxylic acid groups (broad SMARTS) is 1. The molecular formula is C17H20N2O6S. The summed E-state index contributed by atoms with van der Waals surface area (Å²) in [5.41, 5.74) is -0.841. The van der Waals surface area contributed by atoms with Crippen LogP contribution in [0.5, 0.6) is 0 Å². The van der Waals surface area contributed by atoms with E-state index in [1.807, 2.05) is 0 Å². The van der Waals surface area contributed by atoms with Gasteiger partial charge in [0.15, 0.2) is 0 Å². The van der Waals surface area contributed by atoms with Crippen LogP contribution in [-0.2, 0) is 19.6 Å². The van der Waals surface area contributed by atoms with Crippen LogP contribution in [0.1, 0.15) is 16.8 Å². The van der Waals surface area contributed by atoms with Gasteiger partial charge < -0.3 is 14.7 Å². The van der Waals surface area contributed by atoms with E-state index in [0.717, 1.165) is 0 Å². The van der Waals surface area contributed by atoms with Crippen molar-refractivity contribution in [1.82, 2.24) is 9.62 Å². The van der Waals surface area contributed by atoms with E-state index in [-0.39, 0.29) is 42.6 Å². The predicted molar refractivity (Wildman–Crippen MR) is 92.9 cm³/mol. The minimum atomic E-state index is -3.73. The van der Waals surface area contributed by atoms with Gasteiger partial charge in [0, 0.05) is 25.8 Å². The van der Waals surface area contributed by atoms with E-state index in [1.54, 1.807) is 0 Å². The van der Waals surface area contributed by atoms with Gasteiger partial charge in [0.2, 0.25) is 10.0 Å². The van der Waals surface area contributed by atoms with Crippen LogP contribution < -0.4 is 4.72 Å². The van der Waals surface area contributed by atoms with Gasteiger partial charge in [-0.2, -0.15) is 4.72 Å². The van der Waals surface area contributed by atoms with E-state index >= 15 is 0 Å². The fourth-order valence-electron chi connectivity index (χ4n) is 2.86. The number of sulfonamides is 1. The number of hydrogen-bond acceptors (Lipinski definition) is 5. The summed E-state index contributed by atoms with van der Waals surface area (Å²) in [6, 6.07) is 5.40. The molecule has 2 rings (SSSR count). The van der Waals surface area contributed by atoms with Crippen molar-refractivity contribution in [2.45, 2.75) is 11.3 Å². The number of carboxylic acids is 1. The average Bonchev–Trinajstić information content (AvgIpc) is 3.05. The first-order valence-corrected chi connectivity index (χ1v) is 9.29. The number of amides is 1. The van der Waals surface area contributed by atoms with Crippen molar-refractivity contribution >= 4 is 21.9 Å². The Bertz CT molecular complexity index is 828. The van der Waals surface area contributed by atoms with Gasteiger partial charge in [0.05, 0.1) is 18.0 Å². The summed E-state index contributed by atoms with van der Waals surface area (Å²) in [5, 5.41) is 9.46. The zero-order valence-corrected chi connectivity index (χ0v) is 15.1. The summed E-state index contributed by atoms with van der Waals surface area (Å²) in [6.45, 7) is 0.217. The Morgan fingerprint density at radius 2 is 2.04 bits per heavy atom. The van der Waals surface area contributed by atoms with Gasteiger partial charge in [-0.25, -0.2) is 8.42 Å². The van der Waals surface area contributed by atoms with Gasteiger partial charge in [0.1, 0.15) is 5.41 Å². The van der Waals surface area contributed by atoms with Gasteiger partial charge in [-0.05, 0) is 30.7 Å². The second-order valence-corrected chi connectivity index (χ2v) is 7.82. The number of likely N-dealkylation sites (tertiary alicyclic amines) is 1. The number of benzene rings is 1. The minimum absolute atomic E-state index is 0.00927. The largest absolute Gasteiger partial charge is 0.481 e. The topological polar surface area (TPSA) is 113 Å². The number of nitrogens with zero attached hydrogens (tertiary/aromatic N) is 1. The Morgan fingerprint density at radius 3 is 2.58 bits per heavy atom. The molecular weight excluding hydrogens is 360 g/mol. The van der Waals surface area contributed by atoms with Gasteiger partial charge in [-0.15, -0.1) is 6.42 Å². The molecule has 1 aromatic rings. The third-order valence-corrected chi connectivity index (χ3v) is 5.71. The summed E-state index contributed by atoms with van der Waals surface area (Å²) in [7, 11) is -2.31. The maximum Gasteiger partial charge on any atom is 0.313 e. The van der Waals surface area contributed by atoms with E-state index in [4.69, 9.17) is 11.2 Å². The number of terminal acetylenes is 1. The summed E-state index contributed by atoms with van der Waals surface area (Å²) >= 11 is 0. The van der Waals surface area contributed by atoms with Crippen molar-refractivity contribution in [1.29, 1.82) is 0 Å². The molecule has 1 amide bonds. The third kappa shape index (κ3) is 4.04. The fourth-order valence-corrected chi connectivity index (χ4v) is 3.79.